The van der Waals surface area contributed by atoms with Gasteiger partial charge in [-0.05, 0) is 32.3 Å². The van der Waals surface area contributed by atoms with Crippen LogP contribution in [0.1, 0.15) is 36.9 Å². The molecule has 0 saturated carbocycles. The number of rotatable bonds is 4. The number of amides is 2. The summed E-state index contributed by atoms with van der Waals surface area (Å²) in [6.07, 6.45) is 6.49. The number of hydrogen-bond donors (Lipinski definition) is 0. The molecule has 3 heterocycles. The van der Waals surface area contributed by atoms with E-state index in [0.29, 0.717) is 37.2 Å². The van der Waals surface area contributed by atoms with Crippen molar-refractivity contribution in [1.82, 2.24) is 19.8 Å². The van der Waals surface area contributed by atoms with Crippen LogP contribution < -0.4 is 4.90 Å². The molecule has 7 nitrogen and oxygen atoms in total. The quantitative estimate of drug-likeness (QED) is 0.812. The largest absolute Gasteiger partial charge is 0.354 e. The maximum Gasteiger partial charge on any atom is 0.320 e. The Morgan fingerprint density at radius 3 is 3.00 bits per heavy atom. The first-order valence-electron chi connectivity index (χ1n) is 9.25. The van der Waals surface area contributed by atoms with E-state index < -0.39 is 0 Å². The second-order valence-electron chi connectivity index (χ2n) is 7.25. The molecule has 1 aromatic heterocycles. The van der Waals surface area contributed by atoms with Crippen molar-refractivity contribution < 1.29 is 9.18 Å². The molecule has 0 aliphatic carbocycles. The summed E-state index contributed by atoms with van der Waals surface area (Å²) in [6.45, 7) is 4.43. The van der Waals surface area contributed by atoms with Crippen molar-refractivity contribution in [2.45, 2.75) is 38.1 Å². The number of carbonyl (C=O) groups excluding carboxylic acids is 1. The van der Waals surface area contributed by atoms with Gasteiger partial charge < -0.3 is 14.7 Å². The van der Waals surface area contributed by atoms with E-state index >= 15 is 0 Å². The number of hydrogen-bond acceptors (Lipinski definition) is 5. The SMILES string of the molecule is Cc1ncnc(N2CC[C@]3(CCCN3C(=O)N(C)CCC#N)C2)c1/C=C\F. The van der Waals surface area contributed by atoms with E-state index in [4.69, 9.17) is 5.26 Å². The van der Waals surface area contributed by atoms with Gasteiger partial charge in [-0.2, -0.15) is 5.26 Å². The number of halogens is 1. The molecule has 2 fully saturated rings. The van der Waals surface area contributed by atoms with Crippen molar-refractivity contribution in [3.63, 3.8) is 0 Å². The summed E-state index contributed by atoms with van der Waals surface area (Å²) < 4.78 is 12.8. The number of aromatic nitrogens is 2. The van der Waals surface area contributed by atoms with Crippen LogP contribution in [-0.4, -0.2) is 64.6 Å². The van der Waals surface area contributed by atoms with E-state index in [2.05, 4.69) is 20.9 Å². The van der Waals surface area contributed by atoms with Gasteiger partial charge in [0.1, 0.15) is 12.1 Å². The Bertz CT molecular complexity index is 776. The highest BCUT2D eigenvalue weighted by Gasteiger charge is 2.49. The molecular weight excluding hydrogens is 347 g/mol. The first-order valence-corrected chi connectivity index (χ1v) is 9.25. The first kappa shape index (κ1) is 19.1. The van der Waals surface area contributed by atoms with Crippen LogP contribution in [0.3, 0.4) is 0 Å². The lowest BCUT2D eigenvalue weighted by atomic mass is 9.95. The summed E-state index contributed by atoms with van der Waals surface area (Å²) in [5, 5.41) is 8.77. The number of urea groups is 1. The van der Waals surface area contributed by atoms with Gasteiger partial charge >= 0.3 is 6.03 Å². The van der Waals surface area contributed by atoms with E-state index in [1.54, 1.807) is 11.9 Å². The third-order valence-corrected chi connectivity index (χ3v) is 5.64. The summed E-state index contributed by atoms with van der Waals surface area (Å²) in [5.41, 5.74) is 1.18. The summed E-state index contributed by atoms with van der Waals surface area (Å²) in [6, 6.07) is 2.06. The molecule has 0 radical (unpaired) electrons. The monoisotopic (exact) mass is 372 g/mol. The summed E-state index contributed by atoms with van der Waals surface area (Å²) >= 11 is 0. The second-order valence-corrected chi connectivity index (χ2v) is 7.25. The van der Waals surface area contributed by atoms with Gasteiger partial charge in [0.15, 0.2) is 0 Å². The van der Waals surface area contributed by atoms with E-state index in [1.165, 1.54) is 12.4 Å². The second kappa shape index (κ2) is 7.91. The molecule has 2 saturated heterocycles. The normalized spacial score (nSPS) is 22.0. The van der Waals surface area contributed by atoms with Crippen LogP contribution in [0.5, 0.6) is 0 Å². The average molecular weight is 372 g/mol. The molecule has 1 aromatic rings. The van der Waals surface area contributed by atoms with E-state index in [-0.39, 0.29) is 11.6 Å². The lowest BCUT2D eigenvalue weighted by molar-refractivity contribution is 0.128. The highest BCUT2D eigenvalue weighted by molar-refractivity contribution is 5.76. The fraction of sp³-hybridized carbons (Fsp3) is 0.579. The Morgan fingerprint density at radius 2 is 2.26 bits per heavy atom. The molecule has 2 amide bonds. The predicted octanol–water partition coefficient (Wildman–Crippen LogP) is 2.74. The van der Waals surface area contributed by atoms with Gasteiger partial charge in [0, 0.05) is 38.8 Å². The molecule has 2 aliphatic rings. The Kier molecular flexibility index (Phi) is 5.59. The number of nitriles is 1. The van der Waals surface area contributed by atoms with Crippen molar-refractivity contribution in [2.24, 2.45) is 0 Å². The number of anilines is 1. The molecule has 8 heteroatoms. The van der Waals surface area contributed by atoms with Crippen LogP contribution in [0.15, 0.2) is 12.7 Å². The number of aryl methyl sites for hydroxylation is 1. The summed E-state index contributed by atoms with van der Waals surface area (Å²) in [4.78, 5) is 27.2. The molecule has 0 aromatic carbocycles. The molecule has 2 aliphatic heterocycles. The van der Waals surface area contributed by atoms with Crippen molar-refractivity contribution in [3.05, 3.63) is 23.9 Å². The molecule has 3 rings (SSSR count). The van der Waals surface area contributed by atoms with Crippen LogP contribution in [0, 0.1) is 18.3 Å². The Hall–Kier alpha value is -2.69. The topological polar surface area (TPSA) is 76.4 Å². The maximum absolute atomic E-state index is 12.9. The van der Waals surface area contributed by atoms with Crippen LogP contribution in [0.2, 0.25) is 0 Å². The van der Waals surface area contributed by atoms with E-state index in [0.717, 1.165) is 38.0 Å². The van der Waals surface area contributed by atoms with Crippen molar-refractivity contribution in [1.29, 1.82) is 5.26 Å². The Morgan fingerprint density at radius 1 is 1.44 bits per heavy atom. The fourth-order valence-corrected chi connectivity index (χ4v) is 4.20. The molecule has 144 valence electrons. The zero-order valence-electron chi connectivity index (χ0n) is 15.9. The Balaban J connectivity index is 1.81. The van der Waals surface area contributed by atoms with E-state index in [1.807, 2.05) is 11.8 Å². The number of carbonyl (C=O) groups is 1. The minimum absolute atomic E-state index is 0.0210. The number of nitrogens with zero attached hydrogens (tertiary/aromatic N) is 6. The fourth-order valence-electron chi connectivity index (χ4n) is 4.20. The maximum atomic E-state index is 12.9. The van der Waals surface area contributed by atoms with Crippen LogP contribution >= 0.6 is 0 Å². The minimum Gasteiger partial charge on any atom is -0.354 e. The minimum atomic E-state index is -0.229. The van der Waals surface area contributed by atoms with Crippen LogP contribution in [0.4, 0.5) is 15.0 Å². The molecule has 27 heavy (non-hydrogen) atoms. The molecule has 0 N–H and O–H groups in total. The van der Waals surface area contributed by atoms with Gasteiger partial charge in [-0.3, -0.25) is 0 Å². The van der Waals surface area contributed by atoms with Gasteiger partial charge in [0.2, 0.25) is 0 Å². The predicted molar refractivity (Wildman–Crippen MR) is 101 cm³/mol. The lowest BCUT2D eigenvalue weighted by Crippen LogP contribution is -2.53. The van der Waals surface area contributed by atoms with Crippen molar-refractivity contribution in [2.75, 3.05) is 38.1 Å². The summed E-state index contributed by atoms with van der Waals surface area (Å²) in [5.74, 6) is 0.713. The van der Waals surface area contributed by atoms with Crippen LogP contribution in [-0.2, 0) is 0 Å². The third-order valence-electron chi connectivity index (χ3n) is 5.64. The third kappa shape index (κ3) is 3.59. The zero-order chi connectivity index (χ0) is 19.4. The average Bonchev–Trinajstić information content (AvgIpc) is 3.28. The zero-order valence-corrected chi connectivity index (χ0v) is 15.9. The highest BCUT2D eigenvalue weighted by atomic mass is 19.1. The van der Waals surface area contributed by atoms with Gasteiger partial charge in [0.25, 0.3) is 0 Å². The molecule has 1 atom stereocenters. The van der Waals surface area contributed by atoms with Crippen LogP contribution in [0.25, 0.3) is 6.08 Å². The van der Waals surface area contributed by atoms with Crippen molar-refractivity contribution >= 4 is 17.9 Å². The molecule has 0 unspecified atom stereocenters. The van der Waals surface area contributed by atoms with Gasteiger partial charge in [-0.15, -0.1) is 0 Å². The van der Waals surface area contributed by atoms with Crippen molar-refractivity contribution in [3.8, 4) is 6.07 Å². The molecular formula is C19H25FN6O. The molecule has 1 spiro atoms. The molecule has 0 bridgehead atoms. The number of likely N-dealkylation sites (tertiary alicyclic amines) is 1. The standard InChI is InChI=1S/C19H25FN6O/c1-15-16(5-8-20)17(23-14-22-15)25-12-7-19(13-25)6-3-11-26(19)18(27)24(2)10-4-9-21/h5,8,14H,3-4,6-7,10-13H2,1-2H3/b8-5-/t19-/m1/s1. The van der Waals surface area contributed by atoms with Gasteiger partial charge in [-0.25, -0.2) is 19.2 Å². The summed E-state index contributed by atoms with van der Waals surface area (Å²) in [7, 11) is 1.75. The van der Waals surface area contributed by atoms with Gasteiger partial charge in [-0.1, -0.05) is 0 Å². The Labute approximate surface area is 159 Å². The van der Waals surface area contributed by atoms with Gasteiger partial charge in [0.05, 0.1) is 30.1 Å². The first-order chi connectivity index (χ1) is 13.0. The smallest absolute Gasteiger partial charge is 0.320 e. The highest BCUT2D eigenvalue weighted by Crippen LogP contribution is 2.40. The van der Waals surface area contributed by atoms with E-state index in [9.17, 15) is 9.18 Å². The lowest BCUT2D eigenvalue weighted by Gasteiger charge is -2.37.